The lowest BCUT2D eigenvalue weighted by molar-refractivity contribution is -0.172. The summed E-state index contributed by atoms with van der Waals surface area (Å²) < 4.78 is 12.5. The van der Waals surface area contributed by atoms with Crippen LogP contribution in [0.25, 0.3) is 10.9 Å². The van der Waals surface area contributed by atoms with Crippen molar-refractivity contribution < 1.29 is 33.9 Å². The van der Waals surface area contributed by atoms with Crippen molar-refractivity contribution in [3.63, 3.8) is 0 Å². The van der Waals surface area contributed by atoms with Crippen LogP contribution in [0.15, 0.2) is 42.9 Å². The van der Waals surface area contributed by atoms with Gasteiger partial charge < -0.3 is 14.8 Å². The summed E-state index contributed by atoms with van der Waals surface area (Å²) in [5.74, 6) is 0.648. The molecule has 0 spiro atoms. The van der Waals surface area contributed by atoms with Crippen molar-refractivity contribution in [3.8, 4) is 12.3 Å². The number of hydrogen-bond acceptors (Lipinski definition) is 8. The average molecular weight is 511 g/mol. The number of aryl methyl sites for hydroxylation is 1. The minimum atomic E-state index is -0.604. The van der Waals surface area contributed by atoms with Crippen LogP contribution in [0.1, 0.15) is 28.8 Å². The Bertz CT molecular complexity index is 1140. The molecule has 3 aromatic rings. The van der Waals surface area contributed by atoms with Gasteiger partial charge in [-0.2, -0.15) is 5.26 Å². The minimum absolute atomic E-state index is 0. The summed E-state index contributed by atoms with van der Waals surface area (Å²) >= 11 is 0. The predicted octanol–water partition coefficient (Wildman–Crippen LogP) is 2.76. The number of piperidine rings is 1. The van der Waals surface area contributed by atoms with Gasteiger partial charge in [0.05, 0.1) is 5.56 Å². The van der Waals surface area contributed by atoms with Crippen LogP contribution in [0.5, 0.6) is 0 Å². The fourth-order valence-corrected chi connectivity index (χ4v) is 4.00. The van der Waals surface area contributed by atoms with Gasteiger partial charge in [0.1, 0.15) is 0 Å². The Balaban J connectivity index is 0.000000846. The molecule has 0 bridgehead atoms. The Morgan fingerprint density at radius 3 is 2.47 bits per heavy atom. The SMILES string of the molecule is Cn1cc(CNCC2CCN(c3ncc(C(=O)NO)cn3)CC2)c2ccccc21.F.F.OOC#CF. The highest BCUT2D eigenvalue weighted by molar-refractivity contribution is 5.92. The first-order valence-electron chi connectivity index (χ1n) is 10.7. The van der Waals surface area contributed by atoms with E-state index >= 15 is 0 Å². The summed E-state index contributed by atoms with van der Waals surface area (Å²) in [5, 5.41) is 20.8. The van der Waals surface area contributed by atoms with Gasteiger partial charge in [0, 0.05) is 56.2 Å². The van der Waals surface area contributed by atoms with Crippen LogP contribution in [-0.2, 0) is 18.5 Å². The highest BCUT2D eigenvalue weighted by Crippen LogP contribution is 2.22. The van der Waals surface area contributed by atoms with Crippen molar-refractivity contribution in [2.24, 2.45) is 13.0 Å². The van der Waals surface area contributed by atoms with Crippen LogP contribution in [0.4, 0.5) is 19.7 Å². The minimum Gasteiger partial charge on any atom is -0.350 e. The summed E-state index contributed by atoms with van der Waals surface area (Å²) in [7, 11) is 2.09. The lowest BCUT2D eigenvalue weighted by Crippen LogP contribution is -2.38. The summed E-state index contributed by atoms with van der Waals surface area (Å²) in [6.07, 6.45) is 9.27. The molecule has 4 rings (SSSR count). The Labute approximate surface area is 205 Å². The van der Waals surface area contributed by atoms with Gasteiger partial charge in [0.15, 0.2) is 12.3 Å². The Morgan fingerprint density at radius 2 is 1.89 bits per heavy atom. The van der Waals surface area contributed by atoms with Gasteiger partial charge in [-0.25, -0.2) is 15.4 Å². The largest absolute Gasteiger partial charge is 0.350 e. The third-order valence-corrected chi connectivity index (χ3v) is 5.71. The summed E-state index contributed by atoms with van der Waals surface area (Å²) in [5.41, 5.74) is 4.43. The fourth-order valence-electron chi connectivity index (χ4n) is 4.00. The Morgan fingerprint density at radius 1 is 1.22 bits per heavy atom. The first-order valence-corrected chi connectivity index (χ1v) is 10.7. The van der Waals surface area contributed by atoms with Gasteiger partial charge in [-0.15, -0.1) is 4.39 Å². The maximum Gasteiger partial charge on any atom is 0.277 e. The number of fused-ring (bicyclic) bond motifs is 1. The maximum atomic E-state index is 11.4. The second-order valence-electron chi connectivity index (χ2n) is 7.84. The molecule has 2 aromatic heterocycles. The van der Waals surface area contributed by atoms with Gasteiger partial charge in [0.25, 0.3) is 5.91 Å². The van der Waals surface area contributed by atoms with Crippen LogP contribution in [-0.4, -0.2) is 50.5 Å². The molecule has 3 heterocycles. The van der Waals surface area contributed by atoms with Crippen LogP contribution in [0, 0.1) is 18.2 Å². The normalized spacial score (nSPS) is 12.7. The summed E-state index contributed by atoms with van der Waals surface area (Å²) in [4.78, 5) is 25.0. The van der Waals surface area contributed by atoms with E-state index in [-0.39, 0.29) is 15.0 Å². The molecular formula is C23H29F3N6O4. The third-order valence-electron chi connectivity index (χ3n) is 5.71. The van der Waals surface area contributed by atoms with Crippen LogP contribution in [0.3, 0.4) is 0 Å². The molecule has 1 aliphatic rings. The van der Waals surface area contributed by atoms with E-state index in [0.29, 0.717) is 11.9 Å². The number of halogens is 3. The third kappa shape index (κ3) is 7.84. The molecule has 36 heavy (non-hydrogen) atoms. The number of hydrogen-bond donors (Lipinski definition) is 4. The number of benzene rings is 1. The number of para-hydroxylation sites is 1. The number of nitrogens with one attached hydrogen (secondary N) is 2. The van der Waals surface area contributed by atoms with Gasteiger partial charge in [-0.05, 0) is 36.9 Å². The molecule has 0 saturated carbocycles. The molecule has 1 aromatic carbocycles. The van der Waals surface area contributed by atoms with Crippen molar-refractivity contribution in [2.75, 3.05) is 24.5 Å². The second-order valence-corrected chi connectivity index (χ2v) is 7.84. The van der Waals surface area contributed by atoms with Crippen molar-refractivity contribution in [2.45, 2.75) is 19.4 Å². The van der Waals surface area contributed by atoms with E-state index in [1.54, 1.807) is 5.48 Å². The molecule has 10 nitrogen and oxygen atoms in total. The molecule has 1 fully saturated rings. The quantitative estimate of drug-likeness (QED) is 0.173. The molecule has 0 aliphatic carbocycles. The molecule has 1 aliphatic heterocycles. The lowest BCUT2D eigenvalue weighted by atomic mass is 9.97. The zero-order valence-corrected chi connectivity index (χ0v) is 19.6. The van der Waals surface area contributed by atoms with Crippen LogP contribution in [0.2, 0.25) is 0 Å². The van der Waals surface area contributed by atoms with Crippen molar-refractivity contribution in [3.05, 3.63) is 54.0 Å². The Hall–Kier alpha value is -3.86. The van der Waals surface area contributed by atoms with Crippen LogP contribution < -0.4 is 15.7 Å². The van der Waals surface area contributed by atoms with Crippen molar-refractivity contribution >= 4 is 22.8 Å². The van der Waals surface area contributed by atoms with E-state index in [0.717, 1.165) is 45.2 Å². The molecule has 13 heteroatoms. The molecule has 0 atom stereocenters. The number of carbonyl (C=O) groups is 1. The predicted molar refractivity (Wildman–Crippen MR) is 128 cm³/mol. The smallest absolute Gasteiger partial charge is 0.277 e. The van der Waals surface area contributed by atoms with E-state index in [2.05, 4.69) is 67.1 Å². The molecule has 1 amide bonds. The summed E-state index contributed by atoms with van der Waals surface area (Å²) in [6.45, 7) is 3.66. The lowest BCUT2D eigenvalue weighted by Gasteiger charge is -2.32. The molecule has 1 saturated heterocycles. The molecule has 196 valence electrons. The average Bonchev–Trinajstić information content (AvgIpc) is 3.20. The number of carbonyl (C=O) groups excluding carboxylic acids is 1. The first kappa shape index (κ1) is 30.2. The van der Waals surface area contributed by atoms with Gasteiger partial charge >= 0.3 is 0 Å². The molecule has 0 unspecified atom stereocenters. The zero-order valence-electron chi connectivity index (χ0n) is 19.6. The van der Waals surface area contributed by atoms with E-state index < -0.39 is 5.91 Å². The first-order chi connectivity index (χ1) is 16.6. The topological polar surface area (TPSA) is 125 Å². The van der Waals surface area contributed by atoms with E-state index in [1.165, 1.54) is 35.0 Å². The van der Waals surface area contributed by atoms with Gasteiger partial charge in [-0.1, -0.05) is 18.2 Å². The number of hydroxylamine groups is 1. The second kappa shape index (κ2) is 15.2. The monoisotopic (exact) mass is 510 g/mol. The fraction of sp³-hybridized carbons (Fsp3) is 0.348. The molecule has 0 radical (unpaired) electrons. The number of amides is 1. The summed E-state index contributed by atoms with van der Waals surface area (Å²) in [6, 6.07) is 8.50. The van der Waals surface area contributed by atoms with E-state index in [1.807, 2.05) is 0 Å². The van der Waals surface area contributed by atoms with Crippen molar-refractivity contribution in [1.82, 2.24) is 25.3 Å². The standard InChI is InChI=1S/C21H26N6O2.C2HFO2.2FH/c1-26-14-17(18-4-2-3-5-19(18)26)11-22-10-15-6-8-27(9-7-15)21-23-12-16(13-24-21)20(28)25-29;3-1-2-5-4;;/h2-5,12-15,22,29H,6-11H2,1H3,(H,25,28);4H;2*1H. The van der Waals surface area contributed by atoms with E-state index in [4.69, 9.17) is 10.5 Å². The van der Waals surface area contributed by atoms with Gasteiger partial charge in [-0.3, -0.25) is 24.3 Å². The molecular weight excluding hydrogens is 481 g/mol. The van der Waals surface area contributed by atoms with E-state index in [9.17, 15) is 9.18 Å². The highest BCUT2D eigenvalue weighted by Gasteiger charge is 2.21. The zero-order chi connectivity index (χ0) is 24.3. The van der Waals surface area contributed by atoms with Gasteiger partial charge in [0.2, 0.25) is 5.95 Å². The number of aromatic nitrogens is 3. The number of nitrogens with zero attached hydrogens (tertiary/aromatic N) is 4. The highest BCUT2D eigenvalue weighted by atomic mass is 19.1. The van der Waals surface area contributed by atoms with Crippen molar-refractivity contribution in [1.29, 1.82) is 0 Å². The maximum absolute atomic E-state index is 11.4. The Kier molecular flexibility index (Phi) is 12.7. The van der Waals surface area contributed by atoms with Crippen LogP contribution >= 0.6 is 0 Å². The number of rotatable bonds is 6. The number of anilines is 1. The molecule has 4 N–H and O–H groups in total.